The topological polar surface area (TPSA) is 58.9 Å². The number of nitrogens with zero attached hydrogens (tertiary/aromatic N) is 1. The summed E-state index contributed by atoms with van der Waals surface area (Å²) in [6.07, 6.45) is -11.4. The molecule has 0 fully saturated rings. The van der Waals surface area contributed by atoms with Gasteiger partial charge >= 0.3 is 18.3 Å². The first kappa shape index (κ1) is 22.6. The molecule has 0 aliphatic carbocycles. The standard InChI is InChI=1S/C22H12F7NO3/c23-17-8-5-11(9-16(17)21(24,25)26)20(22(27,28)29)10-18(30-33-20)14-6-7-15(19(31)32)13-4-2-1-3-12(13)14/h1-9H,10H2,(H,31,32). The summed E-state index contributed by atoms with van der Waals surface area (Å²) in [7, 11) is 0. The predicted octanol–water partition coefficient (Wildman–Crippen LogP) is 6.28. The predicted molar refractivity (Wildman–Crippen MR) is 102 cm³/mol. The first-order chi connectivity index (χ1) is 15.3. The van der Waals surface area contributed by atoms with Crippen molar-refractivity contribution in [2.24, 2.45) is 5.16 Å². The third kappa shape index (κ3) is 3.66. The molecule has 11 heteroatoms. The lowest BCUT2D eigenvalue weighted by atomic mass is 9.84. The van der Waals surface area contributed by atoms with Crippen LogP contribution in [0.5, 0.6) is 0 Å². The summed E-state index contributed by atoms with van der Waals surface area (Å²) in [5, 5.41) is 13.4. The highest BCUT2D eigenvalue weighted by molar-refractivity contribution is 6.15. The maximum atomic E-state index is 14.2. The number of rotatable bonds is 3. The molecule has 3 aromatic carbocycles. The Labute approximate surface area is 180 Å². The number of carboxylic acid groups (broad SMARTS) is 1. The molecule has 1 unspecified atom stereocenters. The van der Waals surface area contributed by atoms with Gasteiger partial charge in [-0.25, -0.2) is 9.18 Å². The SMILES string of the molecule is O=C(O)c1ccc(C2=NOC(c3ccc(F)c(C(F)(F)F)c3)(C(F)(F)F)C2)c2ccccc12. The lowest BCUT2D eigenvalue weighted by Crippen LogP contribution is -2.43. The zero-order valence-corrected chi connectivity index (χ0v) is 16.3. The fourth-order valence-electron chi connectivity index (χ4n) is 3.78. The van der Waals surface area contributed by atoms with Crippen molar-refractivity contribution in [2.75, 3.05) is 0 Å². The van der Waals surface area contributed by atoms with Crippen LogP contribution >= 0.6 is 0 Å². The zero-order valence-electron chi connectivity index (χ0n) is 16.3. The molecule has 172 valence electrons. The van der Waals surface area contributed by atoms with Crippen molar-refractivity contribution < 1.29 is 45.5 Å². The molecule has 0 saturated carbocycles. The summed E-state index contributed by atoms with van der Waals surface area (Å²) >= 11 is 0. The molecule has 1 aliphatic heterocycles. The molecule has 1 N–H and O–H groups in total. The highest BCUT2D eigenvalue weighted by Gasteiger charge is 2.62. The van der Waals surface area contributed by atoms with Crippen LogP contribution in [0, 0.1) is 5.82 Å². The minimum Gasteiger partial charge on any atom is -0.478 e. The molecule has 0 radical (unpaired) electrons. The van der Waals surface area contributed by atoms with Gasteiger partial charge < -0.3 is 9.94 Å². The first-order valence-corrected chi connectivity index (χ1v) is 9.29. The summed E-state index contributed by atoms with van der Waals surface area (Å²) in [5.41, 5.74) is -6.34. The van der Waals surface area contributed by atoms with Crippen molar-refractivity contribution >= 4 is 22.5 Å². The largest absolute Gasteiger partial charge is 0.478 e. The second kappa shape index (κ2) is 7.46. The molecule has 33 heavy (non-hydrogen) atoms. The van der Waals surface area contributed by atoms with Crippen molar-refractivity contribution in [1.29, 1.82) is 0 Å². The summed E-state index contributed by atoms with van der Waals surface area (Å²) in [5.74, 6) is -2.98. The number of carboxylic acids is 1. The Hall–Kier alpha value is -3.63. The molecule has 1 atom stereocenters. The van der Waals surface area contributed by atoms with Crippen LogP contribution in [0.4, 0.5) is 30.7 Å². The van der Waals surface area contributed by atoms with Crippen molar-refractivity contribution in [3.8, 4) is 0 Å². The Morgan fingerprint density at radius 3 is 2.24 bits per heavy atom. The van der Waals surface area contributed by atoms with Crippen molar-refractivity contribution in [1.82, 2.24) is 0 Å². The molecule has 0 aromatic heterocycles. The minimum atomic E-state index is -5.22. The summed E-state index contributed by atoms with van der Waals surface area (Å²) in [4.78, 5) is 16.2. The van der Waals surface area contributed by atoms with Gasteiger partial charge in [-0.3, -0.25) is 0 Å². The molecule has 0 amide bonds. The number of oxime groups is 1. The fraction of sp³-hybridized carbons (Fsp3) is 0.182. The molecule has 1 aliphatic rings. The molecule has 0 saturated heterocycles. The normalized spacial score (nSPS) is 18.8. The third-order valence-electron chi connectivity index (χ3n) is 5.39. The van der Waals surface area contributed by atoms with Gasteiger partial charge in [0.15, 0.2) is 0 Å². The van der Waals surface area contributed by atoms with Gasteiger partial charge in [0.2, 0.25) is 0 Å². The van der Waals surface area contributed by atoms with Crippen molar-refractivity contribution in [3.63, 3.8) is 0 Å². The lowest BCUT2D eigenvalue weighted by Gasteiger charge is -2.30. The second-order valence-electron chi connectivity index (χ2n) is 7.33. The summed E-state index contributed by atoms with van der Waals surface area (Å²) < 4.78 is 95.5. The van der Waals surface area contributed by atoms with Crippen LogP contribution in [0.2, 0.25) is 0 Å². The number of halogens is 7. The van der Waals surface area contributed by atoms with Crippen molar-refractivity contribution in [2.45, 2.75) is 24.4 Å². The van der Waals surface area contributed by atoms with Gasteiger partial charge in [-0.1, -0.05) is 41.6 Å². The zero-order chi connectivity index (χ0) is 24.2. The van der Waals surface area contributed by atoms with E-state index in [1.165, 1.54) is 24.3 Å². The Bertz CT molecular complexity index is 1300. The number of alkyl halides is 6. The Morgan fingerprint density at radius 1 is 0.970 bits per heavy atom. The molecule has 4 rings (SSSR count). The van der Waals surface area contributed by atoms with E-state index >= 15 is 0 Å². The number of aromatic carboxylic acids is 1. The van der Waals surface area contributed by atoms with Crippen LogP contribution in [-0.2, 0) is 16.6 Å². The first-order valence-electron chi connectivity index (χ1n) is 9.29. The third-order valence-corrected chi connectivity index (χ3v) is 5.39. The van der Waals surface area contributed by atoms with E-state index in [9.17, 15) is 40.6 Å². The van der Waals surface area contributed by atoms with E-state index < -0.39 is 47.3 Å². The Kier molecular flexibility index (Phi) is 5.10. The number of benzene rings is 3. The summed E-state index contributed by atoms with van der Waals surface area (Å²) in [6.45, 7) is 0. The summed E-state index contributed by atoms with van der Waals surface area (Å²) in [6, 6.07) is 9.41. The van der Waals surface area contributed by atoms with Gasteiger partial charge in [-0.15, -0.1) is 0 Å². The maximum Gasteiger partial charge on any atom is 0.435 e. The number of fused-ring (bicyclic) bond motifs is 1. The van der Waals surface area contributed by atoms with E-state index in [-0.39, 0.29) is 33.7 Å². The van der Waals surface area contributed by atoms with Gasteiger partial charge in [0.05, 0.1) is 16.8 Å². The maximum absolute atomic E-state index is 14.2. The highest BCUT2D eigenvalue weighted by Crippen LogP contribution is 2.50. The lowest BCUT2D eigenvalue weighted by molar-refractivity contribution is -0.276. The van der Waals surface area contributed by atoms with Gasteiger partial charge in [-0.2, -0.15) is 26.3 Å². The molecule has 4 nitrogen and oxygen atoms in total. The smallest absolute Gasteiger partial charge is 0.435 e. The fourth-order valence-corrected chi connectivity index (χ4v) is 3.78. The number of hydrogen-bond acceptors (Lipinski definition) is 3. The van der Waals surface area contributed by atoms with Gasteiger partial charge in [0.1, 0.15) is 5.82 Å². The molecule has 1 heterocycles. The molecule has 3 aromatic rings. The van der Waals surface area contributed by atoms with E-state index in [1.807, 2.05) is 0 Å². The second-order valence-corrected chi connectivity index (χ2v) is 7.33. The minimum absolute atomic E-state index is 0.0624. The van der Waals surface area contributed by atoms with Crippen molar-refractivity contribution in [3.05, 3.63) is 82.7 Å². The van der Waals surface area contributed by atoms with E-state index in [1.54, 1.807) is 12.1 Å². The highest BCUT2D eigenvalue weighted by atomic mass is 19.4. The molecular weight excluding hydrogens is 459 g/mol. The van der Waals surface area contributed by atoms with E-state index in [0.717, 1.165) is 0 Å². The Balaban J connectivity index is 1.84. The van der Waals surface area contributed by atoms with Crippen LogP contribution in [0.25, 0.3) is 10.8 Å². The van der Waals surface area contributed by atoms with Crippen LogP contribution in [0.3, 0.4) is 0 Å². The molecule has 0 spiro atoms. The van der Waals surface area contributed by atoms with E-state index in [0.29, 0.717) is 12.1 Å². The van der Waals surface area contributed by atoms with E-state index in [2.05, 4.69) is 5.16 Å². The molecule has 0 bridgehead atoms. The average molecular weight is 471 g/mol. The van der Waals surface area contributed by atoms with Crippen LogP contribution in [0.1, 0.15) is 33.5 Å². The van der Waals surface area contributed by atoms with E-state index in [4.69, 9.17) is 4.84 Å². The van der Waals surface area contributed by atoms with Crippen LogP contribution in [0.15, 0.2) is 59.8 Å². The average Bonchev–Trinajstić information content (AvgIpc) is 3.19. The molecular formula is C22H12F7NO3. The van der Waals surface area contributed by atoms with Gasteiger partial charge in [0.25, 0.3) is 5.60 Å². The Morgan fingerprint density at radius 2 is 1.64 bits per heavy atom. The van der Waals surface area contributed by atoms with Crippen LogP contribution in [-0.4, -0.2) is 23.0 Å². The van der Waals surface area contributed by atoms with Gasteiger partial charge in [0, 0.05) is 17.5 Å². The quantitative estimate of drug-likeness (QED) is 0.458. The van der Waals surface area contributed by atoms with Crippen LogP contribution < -0.4 is 0 Å². The monoisotopic (exact) mass is 471 g/mol. The van der Waals surface area contributed by atoms with Gasteiger partial charge in [-0.05, 0) is 29.0 Å². The number of carbonyl (C=O) groups is 1. The number of hydrogen-bond donors (Lipinski definition) is 1.